The molecule has 0 radical (unpaired) electrons. The van der Waals surface area contributed by atoms with Crippen LogP contribution in [0.4, 0.5) is 0 Å². The lowest BCUT2D eigenvalue weighted by Gasteiger charge is -2.23. The van der Waals surface area contributed by atoms with E-state index in [1.54, 1.807) is 0 Å². The highest BCUT2D eigenvalue weighted by Gasteiger charge is 2.24. The van der Waals surface area contributed by atoms with E-state index in [1.165, 1.54) is 11.8 Å². The molecule has 2 rings (SSSR count). The van der Waals surface area contributed by atoms with Crippen LogP contribution in [0.2, 0.25) is 0 Å². The van der Waals surface area contributed by atoms with E-state index in [0.29, 0.717) is 0 Å². The van der Waals surface area contributed by atoms with Gasteiger partial charge in [0.05, 0.1) is 4.75 Å². The van der Waals surface area contributed by atoms with Crippen LogP contribution in [0.1, 0.15) is 12.0 Å². The molecule has 1 nitrogen and oxygen atoms in total. The summed E-state index contributed by atoms with van der Waals surface area (Å²) < 4.78 is -0.209. The first-order chi connectivity index (χ1) is 8.35. The SMILES string of the molecule is N#CSC1(C=Cc2ccccc2)C=CC=CC1. The van der Waals surface area contributed by atoms with Gasteiger partial charge in [0.15, 0.2) is 0 Å². The first kappa shape index (κ1) is 11.8. The molecule has 0 N–H and O–H groups in total. The zero-order valence-electron chi connectivity index (χ0n) is 9.41. The number of thiocyanates is 1. The largest absolute Gasteiger partial charge is 0.185 e. The number of benzene rings is 1. The molecule has 0 heterocycles. The monoisotopic (exact) mass is 239 g/mol. The maximum atomic E-state index is 8.90. The van der Waals surface area contributed by atoms with Crippen molar-refractivity contribution in [1.82, 2.24) is 0 Å². The molecule has 0 saturated carbocycles. The lowest BCUT2D eigenvalue weighted by atomic mass is 9.98. The number of allylic oxidation sites excluding steroid dienone is 3. The van der Waals surface area contributed by atoms with Crippen LogP contribution >= 0.6 is 11.8 Å². The van der Waals surface area contributed by atoms with E-state index in [9.17, 15) is 0 Å². The summed E-state index contributed by atoms with van der Waals surface area (Å²) in [6.07, 6.45) is 13.3. The van der Waals surface area contributed by atoms with Gasteiger partial charge in [0, 0.05) is 0 Å². The molecule has 17 heavy (non-hydrogen) atoms. The molecule has 0 bridgehead atoms. The number of rotatable bonds is 3. The zero-order valence-corrected chi connectivity index (χ0v) is 10.2. The smallest absolute Gasteiger partial charge is 0.134 e. The summed E-state index contributed by atoms with van der Waals surface area (Å²) in [4.78, 5) is 0. The highest BCUT2D eigenvalue weighted by Crippen LogP contribution is 2.34. The Morgan fingerprint density at radius 1 is 1.24 bits per heavy atom. The standard InChI is InChI=1S/C15H13NS/c16-13-17-15(10-5-2-6-11-15)12-9-14-7-3-1-4-8-14/h1-10,12H,11H2. The first-order valence-corrected chi connectivity index (χ1v) is 6.32. The van der Waals surface area contributed by atoms with E-state index in [0.717, 1.165) is 12.0 Å². The summed E-state index contributed by atoms with van der Waals surface area (Å²) in [5, 5.41) is 11.1. The summed E-state index contributed by atoms with van der Waals surface area (Å²) >= 11 is 1.30. The second-order valence-corrected chi connectivity index (χ2v) is 5.03. The zero-order chi connectivity index (χ0) is 12.0. The van der Waals surface area contributed by atoms with Crippen molar-refractivity contribution in [2.45, 2.75) is 11.2 Å². The third-order valence-electron chi connectivity index (χ3n) is 2.66. The fourth-order valence-electron chi connectivity index (χ4n) is 1.74. The van der Waals surface area contributed by atoms with Gasteiger partial charge in [-0.3, -0.25) is 0 Å². The lowest BCUT2D eigenvalue weighted by Crippen LogP contribution is -2.18. The molecule has 0 spiro atoms. The van der Waals surface area contributed by atoms with E-state index in [2.05, 4.69) is 41.8 Å². The Labute approximate surface area is 106 Å². The van der Waals surface area contributed by atoms with E-state index >= 15 is 0 Å². The Kier molecular flexibility index (Phi) is 3.85. The second kappa shape index (κ2) is 5.56. The summed E-state index contributed by atoms with van der Waals surface area (Å²) in [5.74, 6) is 0. The van der Waals surface area contributed by atoms with Gasteiger partial charge in [0.25, 0.3) is 0 Å². The van der Waals surface area contributed by atoms with Crippen LogP contribution in [0.3, 0.4) is 0 Å². The lowest BCUT2D eigenvalue weighted by molar-refractivity contribution is 0.890. The molecule has 1 aromatic rings. The molecule has 84 valence electrons. The summed E-state index contributed by atoms with van der Waals surface area (Å²) in [6.45, 7) is 0. The van der Waals surface area contributed by atoms with Crippen molar-refractivity contribution >= 4 is 17.8 Å². The van der Waals surface area contributed by atoms with Crippen LogP contribution in [0.25, 0.3) is 6.08 Å². The predicted octanol–water partition coefficient (Wildman–Crippen LogP) is 4.17. The van der Waals surface area contributed by atoms with Gasteiger partial charge < -0.3 is 0 Å². The number of nitrogens with zero attached hydrogens (tertiary/aromatic N) is 1. The maximum absolute atomic E-state index is 8.90. The number of hydrogen-bond donors (Lipinski definition) is 0. The second-order valence-electron chi connectivity index (χ2n) is 3.88. The fraction of sp³-hybridized carbons (Fsp3) is 0.133. The summed E-state index contributed by atoms with van der Waals surface area (Å²) in [7, 11) is 0. The van der Waals surface area contributed by atoms with Gasteiger partial charge in [-0.1, -0.05) is 66.8 Å². The molecule has 0 fully saturated rings. The molecular weight excluding hydrogens is 226 g/mol. The van der Waals surface area contributed by atoms with Crippen LogP contribution in [-0.4, -0.2) is 4.75 Å². The minimum Gasteiger partial charge on any atom is -0.185 e. The number of hydrogen-bond acceptors (Lipinski definition) is 2. The van der Waals surface area contributed by atoms with Crippen LogP contribution in [-0.2, 0) is 0 Å². The van der Waals surface area contributed by atoms with Crippen molar-refractivity contribution in [3.63, 3.8) is 0 Å². The third-order valence-corrected chi connectivity index (χ3v) is 3.57. The molecule has 2 heteroatoms. The van der Waals surface area contributed by atoms with Crippen molar-refractivity contribution in [3.05, 3.63) is 66.3 Å². The minimum atomic E-state index is -0.209. The van der Waals surface area contributed by atoms with Crippen LogP contribution < -0.4 is 0 Å². The van der Waals surface area contributed by atoms with Crippen molar-refractivity contribution in [2.24, 2.45) is 0 Å². The number of thioether (sulfide) groups is 1. The fourth-order valence-corrected chi connectivity index (χ4v) is 2.37. The van der Waals surface area contributed by atoms with Gasteiger partial charge >= 0.3 is 0 Å². The minimum absolute atomic E-state index is 0.209. The normalized spacial score (nSPS) is 22.8. The Balaban J connectivity index is 2.19. The Bertz CT molecular complexity index is 493. The molecule has 1 unspecified atom stereocenters. The van der Waals surface area contributed by atoms with Crippen LogP contribution in [0.5, 0.6) is 0 Å². The Hall–Kier alpha value is -1.72. The summed E-state index contributed by atoms with van der Waals surface area (Å²) in [6, 6.07) is 10.1. The molecule has 1 aliphatic carbocycles. The van der Waals surface area contributed by atoms with Crippen molar-refractivity contribution in [2.75, 3.05) is 0 Å². The Morgan fingerprint density at radius 2 is 2.06 bits per heavy atom. The predicted molar refractivity (Wildman–Crippen MR) is 74.3 cm³/mol. The molecule has 0 saturated heterocycles. The topological polar surface area (TPSA) is 23.8 Å². The average molecular weight is 239 g/mol. The van der Waals surface area contributed by atoms with Gasteiger partial charge in [-0.05, 0) is 23.7 Å². The van der Waals surface area contributed by atoms with E-state index in [-0.39, 0.29) is 4.75 Å². The molecule has 1 aromatic carbocycles. The van der Waals surface area contributed by atoms with Gasteiger partial charge in [0.2, 0.25) is 0 Å². The molecule has 0 amide bonds. The number of nitriles is 1. The maximum Gasteiger partial charge on any atom is 0.134 e. The van der Waals surface area contributed by atoms with Crippen LogP contribution in [0, 0.1) is 10.7 Å². The van der Waals surface area contributed by atoms with E-state index in [1.807, 2.05) is 30.4 Å². The van der Waals surface area contributed by atoms with Crippen LogP contribution in [0.15, 0.2) is 60.7 Å². The van der Waals surface area contributed by atoms with Crippen molar-refractivity contribution in [3.8, 4) is 5.40 Å². The highest BCUT2D eigenvalue weighted by atomic mass is 32.2. The van der Waals surface area contributed by atoms with Gasteiger partial charge in [-0.2, -0.15) is 5.26 Å². The molecular formula is C15H13NS. The van der Waals surface area contributed by atoms with E-state index < -0.39 is 0 Å². The highest BCUT2D eigenvalue weighted by molar-refractivity contribution is 8.05. The molecule has 1 atom stereocenters. The van der Waals surface area contributed by atoms with Gasteiger partial charge in [-0.15, -0.1) is 0 Å². The molecule has 1 aliphatic rings. The van der Waals surface area contributed by atoms with E-state index in [4.69, 9.17) is 5.26 Å². The average Bonchev–Trinajstić information content (AvgIpc) is 2.39. The molecule has 0 aromatic heterocycles. The van der Waals surface area contributed by atoms with Crippen molar-refractivity contribution < 1.29 is 0 Å². The first-order valence-electron chi connectivity index (χ1n) is 5.50. The van der Waals surface area contributed by atoms with Gasteiger partial charge in [0.1, 0.15) is 5.40 Å². The van der Waals surface area contributed by atoms with Gasteiger partial charge in [-0.25, -0.2) is 0 Å². The summed E-state index contributed by atoms with van der Waals surface area (Å²) in [5.41, 5.74) is 1.16. The quantitative estimate of drug-likeness (QED) is 0.739. The third kappa shape index (κ3) is 3.12. The molecule has 0 aliphatic heterocycles. The Morgan fingerprint density at radius 3 is 2.71 bits per heavy atom. The van der Waals surface area contributed by atoms with Crippen molar-refractivity contribution in [1.29, 1.82) is 5.26 Å².